The van der Waals surface area contributed by atoms with Gasteiger partial charge in [0.15, 0.2) is 6.10 Å². The number of aliphatic hydroxyl groups is 3. The fraction of sp³-hybridized carbons (Fsp3) is 0.846. The van der Waals surface area contributed by atoms with Gasteiger partial charge in [0, 0.05) is 12.8 Å². The average molecular weight is 653 g/mol. The largest absolute Gasteiger partial charge is 0.462 e. The molecule has 3 atom stereocenters. The standard InChI is InChI=1S/C39H72O7/c1-3-5-7-21-27-35(41)29-23-17-13-9-11-15-19-25-31-38(43)45-34-37(33-40)46-39(44)32-26-20-16-12-10-14-18-24-30-36(42)28-22-8-6-4-2/h17-18,23-24,35-37,40-42H,3-16,19-22,25-34H2,1-2H3/b23-17-,24-18-/t35-,36-,37+/m1/s1. The zero-order chi connectivity index (χ0) is 33.9. The lowest BCUT2D eigenvalue weighted by atomic mass is 10.1. The summed E-state index contributed by atoms with van der Waals surface area (Å²) in [4.78, 5) is 24.2. The highest BCUT2D eigenvalue weighted by Crippen LogP contribution is 2.13. The van der Waals surface area contributed by atoms with E-state index in [1.807, 2.05) is 0 Å². The van der Waals surface area contributed by atoms with Crippen molar-refractivity contribution in [3.05, 3.63) is 24.3 Å². The molecule has 46 heavy (non-hydrogen) atoms. The van der Waals surface area contributed by atoms with Crippen LogP contribution in [0, 0.1) is 0 Å². The number of hydrogen-bond donors (Lipinski definition) is 3. The molecule has 0 bridgehead atoms. The van der Waals surface area contributed by atoms with E-state index in [2.05, 4.69) is 38.2 Å². The first-order chi connectivity index (χ1) is 22.4. The van der Waals surface area contributed by atoms with Crippen molar-refractivity contribution in [3.63, 3.8) is 0 Å². The van der Waals surface area contributed by atoms with Crippen molar-refractivity contribution >= 4 is 11.9 Å². The van der Waals surface area contributed by atoms with Crippen LogP contribution in [0.4, 0.5) is 0 Å². The Bertz CT molecular complexity index is 736. The Kier molecular flexibility index (Phi) is 33.3. The minimum Gasteiger partial charge on any atom is -0.462 e. The summed E-state index contributed by atoms with van der Waals surface area (Å²) in [7, 11) is 0. The van der Waals surface area contributed by atoms with Crippen molar-refractivity contribution in [3.8, 4) is 0 Å². The van der Waals surface area contributed by atoms with Gasteiger partial charge in [-0.05, 0) is 64.2 Å². The molecule has 0 heterocycles. The van der Waals surface area contributed by atoms with Crippen LogP contribution in [-0.2, 0) is 19.1 Å². The van der Waals surface area contributed by atoms with Crippen molar-refractivity contribution in [2.45, 2.75) is 199 Å². The first kappa shape index (κ1) is 44.3. The van der Waals surface area contributed by atoms with E-state index in [0.29, 0.717) is 12.8 Å². The zero-order valence-corrected chi connectivity index (χ0v) is 29.8. The van der Waals surface area contributed by atoms with E-state index in [4.69, 9.17) is 9.47 Å². The van der Waals surface area contributed by atoms with Crippen LogP contribution in [0.15, 0.2) is 24.3 Å². The molecule has 0 unspecified atom stereocenters. The second kappa shape index (κ2) is 34.6. The number of esters is 2. The quantitative estimate of drug-likeness (QED) is 0.0360. The first-order valence-electron chi connectivity index (χ1n) is 19.0. The van der Waals surface area contributed by atoms with E-state index in [1.165, 1.54) is 38.5 Å². The molecule has 270 valence electrons. The summed E-state index contributed by atoms with van der Waals surface area (Å²) >= 11 is 0. The van der Waals surface area contributed by atoms with Crippen LogP contribution in [0.3, 0.4) is 0 Å². The van der Waals surface area contributed by atoms with E-state index >= 15 is 0 Å². The highest BCUT2D eigenvalue weighted by Gasteiger charge is 2.16. The second-order valence-corrected chi connectivity index (χ2v) is 13.0. The molecule has 0 aromatic heterocycles. The van der Waals surface area contributed by atoms with Crippen molar-refractivity contribution in [2.75, 3.05) is 13.2 Å². The predicted molar refractivity (Wildman–Crippen MR) is 190 cm³/mol. The Labute approximate surface area is 282 Å². The van der Waals surface area contributed by atoms with E-state index < -0.39 is 6.10 Å². The van der Waals surface area contributed by atoms with Gasteiger partial charge < -0.3 is 24.8 Å². The second-order valence-electron chi connectivity index (χ2n) is 13.0. The number of allylic oxidation sites excluding steroid dienone is 2. The highest BCUT2D eigenvalue weighted by molar-refractivity contribution is 5.70. The van der Waals surface area contributed by atoms with Crippen LogP contribution < -0.4 is 0 Å². The van der Waals surface area contributed by atoms with Gasteiger partial charge in [0.2, 0.25) is 0 Å². The van der Waals surface area contributed by atoms with E-state index in [0.717, 1.165) is 116 Å². The van der Waals surface area contributed by atoms with E-state index in [-0.39, 0.29) is 37.4 Å². The monoisotopic (exact) mass is 653 g/mol. The topological polar surface area (TPSA) is 113 Å². The molecule has 7 nitrogen and oxygen atoms in total. The van der Waals surface area contributed by atoms with E-state index in [9.17, 15) is 24.9 Å². The third-order valence-corrected chi connectivity index (χ3v) is 8.37. The Morgan fingerprint density at radius 1 is 0.565 bits per heavy atom. The fourth-order valence-corrected chi connectivity index (χ4v) is 5.34. The smallest absolute Gasteiger partial charge is 0.306 e. The lowest BCUT2D eigenvalue weighted by Gasteiger charge is -2.15. The molecule has 0 rings (SSSR count). The minimum absolute atomic E-state index is 0.107. The van der Waals surface area contributed by atoms with Crippen molar-refractivity contribution < 1.29 is 34.4 Å². The number of unbranched alkanes of at least 4 members (excludes halogenated alkanes) is 16. The Morgan fingerprint density at radius 3 is 1.48 bits per heavy atom. The van der Waals surface area contributed by atoms with Gasteiger partial charge >= 0.3 is 11.9 Å². The summed E-state index contributed by atoms with van der Waals surface area (Å²) in [6.07, 6.45) is 32.8. The maximum atomic E-state index is 12.1. The normalized spacial score (nSPS) is 13.8. The highest BCUT2D eigenvalue weighted by atomic mass is 16.6. The number of aliphatic hydroxyl groups excluding tert-OH is 3. The Morgan fingerprint density at radius 2 is 1.00 bits per heavy atom. The molecular formula is C39H72O7. The summed E-state index contributed by atoms with van der Waals surface area (Å²) in [6.45, 7) is 3.92. The predicted octanol–water partition coefficient (Wildman–Crippen LogP) is 9.45. The Hall–Kier alpha value is -1.70. The molecule has 0 saturated carbocycles. The third kappa shape index (κ3) is 32.2. The zero-order valence-electron chi connectivity index (χ0n) is 29.8. The van der Waals surface area contributed by atoms with Gasteiger partial charge in [0.1, 0.15) is 6.61 Å². The molecule has 0 aromatic rings. The van der Waals surface area contributed by atoms with Gasteiger partial charge in [-0.25, -0.2) is 0 Å². The van der Waals surface area contributed by atoms with Crippen LogP contribution in [0.25, 0.3) is 0 Å². The molecule has 3 N–H and O–H groups in total. The van der Waals surface area contributed by atoms with Gasteiger partial charge in [-0.3, -0.25) is 9.59 Å². The number of carbonyl (C=O) groups is 2. The van der Waals surface area contributed by atoms with Crippen LogP contribution in [0.2, 0.25) is 0 Å². The van der Waals surface area contributed by atoms with Crippen molar-refractivity contribution in [2.24, 2.45) is 0 Å². The summed E-state index contributed by atoms with van der Waals surface area (Å²) < 4.78 is 10.5. The molecule has 7 heteroatoms. The van der Waals surface area contributed by atoms with Gasteiger partial charge in [0.25, 0.3) is 0 Å². The van der Waals surface area contributed by atoms with Crippen LogP contribution in [-0.4, -0.2) is 58.8 Å². The summed E-state index contributed by atoms with van der Waals surface area (Å²) in [5, 5.41) is 29.5. The maximum Gasteiger partial charge on any atom is 0.306 e. The number of ether oxygens (including phenoxy) is 2. The summed E-state index contributed by atoms with van der Waals surface area (Å²) in [6, 6.07) is 0. The van der Waals surface area contributed by atoms with Crippen molar-refractivity contribution in [1.82, 2.24) is 0 Å². The third-order valence-electron chi connectivity index (χ3n) is 8.37. The summed E-state index contributed by atoms with van der Waals surface area (Å²) in [5.74, 6) is -0.682. The van der Waals surface area contributed by atoms with Gasteiger partial charge in [-0.15, -0.1) is 0 Å². The summed E-state index contributed by atoms with van der Waals surface area (Å²) in [5.41, 5.74) is 0. The molecule has 0 aliphatic rings. The lowest BCUT2D eigenvalue weighted by Crippen LogP contribution is -2.28. The minimum atomic E-state index is -0.812. The molecule has 0 fully saturated rings. The van der Waals surface area contributed by atoms with Crippen LogP contribution >= 0.6 is 0 Å². The number of rotatable bonds is 34. The number of carbonyl (C=O) groups excluding carboxylic acids is 2. The molecule has 0 spiro atoms. The van der Waals surface area contributed by atoms with Crippen molar-refractivity contribution in [1.29, 1.82) is 0 Å². The van der Waals surface area contributed by atoms with Gasteiger partial charge in [0.05, 0.1) is 18.8 Å². The molecule has 0 saturated heterocycles. The number of hydrogen-bond acceptors (Lipinski definition) is 7. The molecular weight excluding hydrogens is 580 g/mol. The average Bonchev–Trinajstić information content (AvgIpc) is 3.05. The molecule has 0 aromatic carbocycles. The first-order valence-corrected chi connectivity index (χ1v) is 19.0. The molecule has 0 radical (unpaired) electrons. The Balaban J connectivity index is 3.67. The molecule has 0 aliphatic heterocycles. The van der Waals surface area contributed by atoms with Gasteiger partial charge in [-0.2, -0.15) is 0 Å². The lowest BCUT2D eigenvalue weighted by molar-refractivity contribution is -0.161. The SMILES string of the molecule is CCCCCC[C@@H](O)C/C=C\CCCCCCCC(=O)OC[C@H](CO)OC(=O)CCCCCCC/C=C\C[C@H](O)CCCCCC. The van der Waals surface area contributed by atoms with Crippen LogP contribution in [0.5, 0.6) is 0 Å². The molecule has 0 aliphatic carbocycles. The van der Waals surface area contributed by atoms with Crippen LogP contribution in [0.1, 0.15) is 181 Å². The molecule has 0 amide bonds. The fourth-order valence-electron chi connectivity index (χ4n) is 5.34. The maximum absolute atomic E-state index is 12.1. The van der Waals surface area contributed by atoms with E-state index in [1.54, 1.807) is 0 Å². The van der Waals surface area contributed by atoms with Gasteiger partial charge in [-0.1, -0.05) is 128 Å².